The van der Waals surface area contributed by atoms with Crippen LogP contribution in [0.25, 0.3) is 11.6 Å². The zero-order valence-electron chi connectivity index (χ0n) is 21.5. The number of nitrogens with zero attached hydrogens (tertiary/aromatic N) is 2. The van der Waals surface area contributed by atoms with E-state index in [9.17, 15) is 9.59 Å². The molecule has 9 heteroatoms. The molecule has 4 rings (SSSR count). The molecular formula is C28H29BF2N2O4. The summed E-state index contributed by atoms with van der Waals surface area (Å²) in [5, 5.41) is 0. The average Bonchev–Trinajstić information content (AvgIpc) is 3.46. The van der Waals surface area contributed by atoms with Crippen LogP contribution < -0.4 is 0 Å². The molecule has 6 nitrogen and oxygen atoms in total. The van der Waals surface area contributed by atoms with E-state index in [1.54, 1.807) is 38.1 Å². The van der Waals surface area contributed by atoms with Crippen LogP contribution in [0.1, 0.15) is 50.2 Å². The molecule has 0 saturated carbocycles. The fourth-order valence-corrected chi connectivity index (χ4v) is 4.58. The van der Waals surface area contributed by atoms with Crippen LogP contribution in [0.5, 0.6) is 0 Å². The summed E-state index contributed by atoms with van der Waals surface area (Å²) in [5.74, 6) is -1.13. The van der Waals surface area contributed by atoms with E-state index < -0.39 is 18.9 Å². The molecule has 0 amide bonds. The summed E-state index contributed by atoms with van der Waals surface area (Å²) in [6.07, 6.45) is 6.05. The zero-order valence-corrected chi connectivity index (χ0v) is 21.5. The van der Waals surface area contributed by atoms with Gasteiger partial charge in [-0.15, -0.1) is 0 Å². The zero-order chi connectivity index (χ0) is 26.9. The van der Waals surface area contributed by atoms with Gasteiger partial charge in [-0.25, -0.2) is 9.59 Å². The van der Waals surface area contributed by atoms with Crippen LogP contribution in [0.2, 0.25) is 0 Å². The van der Waals surface area contributed by atoms with E-state index >= 15 is 8.63 Å². The summed E-state index contributed by atoms with van der Waals surface area (Å²) in [4.78, 5) is 24.4. The van der Waals surface area contributed by atoms with E-state index in [4.69, 9.17) is 9.47 Å². The van der Waals surface area contributed by atoms with Gasteiger partial charge in [-0.3, -0.25) is 0 Å². The van der Waals surface area contributed by atoms with Crippen molar-refractivity contribution in [1.82, 2.24) is 4.48 Å². The summed E-state index contributed by atoms with van der Waals surface area (Å²) in [7, 11) is 0. The molecule has 0 fully saturated rings. The van der Waals surface area contributed by atoms with Crippen molar-refractivity contribution in [3.8, 4) is 0 Å². The molecular weight excluding hydrogens is 477 g/mol. The Morgan fingerprint density at radius 2 is 1.51 bits per heavy atom. The first-order chi connectivity index (χ1) is 17.6. The Balaban J connectivity index is 1.98. The maximum atomic E-state index is 16.4. The van der Waals surface area contributed by atoms with Crippen LogP contribution in [0, 0.1) is 6.92 Å². The van der Waals surface area contributed by atoms with E-state index in [1.807, 2.05) is 31.2 Å². The maximum Gasteiger partial charge on any atom is 0.737 e. The molecule has 0 spiro atoms. The minimum absolute atomic E-state index is 0.173. The Morgan fingerprint density at radius 1 is 0.919 bits per heavy atom. The lowest BCUT2D eigenvalue weighted by atomic mass is 9.85. The summed E-state index contributed by atoms with van der Waals surface area (Å²) in [6.45, 7) is 4.38. The van der Waals surface area contributed by atoms with Gasteiger partial charge in [0.15, 0.2) is 11.4 Å². The largest absolute Gasteiger partial charge is 0.737 e. The topological polar surface area (TPSA) is 60.5 Å². The van der Waals surface area contributed by atoms with Crippen LogP contribution in [0.15, 0.2) is 71.5 Å². The fraction of sp³-hybridized carbons (Fsp3) is 0.250. The number of fused-ring (bicyclic) bond motifs is 2. The SMILES string of the molecule is CCOC(=O)/C(C)=C/C1=[N+]2C(=C(c3ccc(C)cc3)c3ccc(/C=C(\C)C(=O)OCC)n3[B-]2(F)F)C=C1. The minimum atomic E-state index is -4.39. The average molecular weight is 506 g/mol. The number of rotatable bonds is 7. The van der Waals surface area contributed by atoms with Crippen LogP contribution in [0.3, 0.4) is 0 Å². The molecule has 0 saturated heterocycles. The van der Waals surface area contributed by atoms with E-state index in [0.717, 1.165) is 20.1 Å². The summed E-state index contributed by atoms with van der Waals surface area (Å²) in [5.41, 5.74) is 3.87. The molecule has 3 heterocycles. The quantitative estimate of drug-likeness (QED) is 0.291. The first-order valence-corrected chi connectivity index (χ1v) is 12.2. The molecule has 0 aliphatic carbocycles. The van der Waals surface area contributed by atoms with Gasteiger partial charge in [0.05, 0.1) is 18.8 Å². The Hall–Kier alpha value is -4.01. The van der Waals surface area contributed by atoms with Gasteiger partial charge in [-0.1, -0.05) is 29.8 Å². The molecule has 2 aromatic rings. The molecule has 37 heavy (non-hydrogen) atoms. The monoisotopic (exact) mass is 506 g/mol. The minimum Gasteiger partial charge on any atom is -0.463 e. The van der Waals surface area contributed by atoms with Gasteiger partial charge in [0, 0.05) is 40.8 Å². The number of hydrogen-bond donors (Lipinski definition) is 0. The second-order valence-corrected chi connectivity index (χ2v) is 8.95. The third-order valence-electron chi connectivity index (χ3n) is 6.30. The number of ether oxygens (including phenoxy) is 2. The molecule has 2 aliphatic heterocycles. The van der Waals surface area contributed by atoms with Crippen molar-refractivity contribution < 1.29 is 32.2 Å². The highest BCUT2D eigenvalue weighted by molar-refractivity contribution is 6.58. The third-order valence-corrected chi connectivity index (χ3v) is 6.30. The van der Waals surface area contributed by atoms with Crippen molar-refractivity contribution in [2.75, 3.05) is 13.2 Å². The first-order valence-electron chi connectivity index (χ1n) is 12.2. The van der Waals surface area contributed by atoms with Crippen molar-refractivity contribution in [1.29, 1.82) is 0 Å². The van der Waals surface area contributed by atoms with Gasteiger partial charge in [0.25, 0.3) is 0 Å². The molecule has 0 radical (unpaired) electrons. The van der Waals surface area contributed by atoms with Crippen molar-refractivity contribution in [3.63, 3.8) is 0 Å². The molecule has 192 valence electrons. The Labute approximate surface area is 214 Å². The number of allylic oxidation sites excluding steroid dienone is 3. The van der Waals surface area contributed by atoms with E-state index in [0.29, 0.717) is 17.0 Å². The Morgan fingerprint density at radius 3 is 2.11 bits per heavy atom. The van der Waals surface area contributed by atoms with Crippen molar-refractivity contribution >= 4 is 36.3 Å². The van der Waals surface area contributed by atoms with Gasteiger partial charge in [0.1, 0.15) is 0 Å². The lowest BCUT2D eigenvalue weighted by molar-refractivity contribution is -0.360. The van der Waals surface area contributed by atoms with Crippen LogP contribution >= 0.6 is 0 Å². The van der Waals surface area contributed by atoms with Gasteiger partial charge in [-0.2, -0.15) is 0 Å². The number of carbonyl (C=O) groups is 2. The molecule has 0 N–H and O–H groups in total. The number of aromatic nitrogens is 1. The van der Waals surface area contributed by atoms with Crippen LogP contribution in [0.4, 0.5) is 8.63 Å². The van der Waals surface area contributed by atoms with Gasteiger partial charge < -0.3 is 27.1 Å². The number of hydrogen-bond acceptors (Lipinski definition) is 4. The fourth-order valence-electron chi connectivity index (χ4n) is 4.58. The highest BCUT2D eigenvalue weighted by atomic mass is 19.2. The van der Waals surface area contributed by atoms with Gasteiger partial charge in [0.2, 0.25) is 0 Å². The highest BCUT2D eigenvalue weighted by Crippen LogP contribution is 2.41. The second kappa shape index (κ2) is 10.2. The molecule has 0 bridgehead atoms. The molecule has 2 aliphatic rings. The highest BCUT2D eigenvalue weighted by Gasteiger charge is 2.54. The van der Waals surface area contributed by atoms with Crippen molar-refractivity contribution in [2.45, 2.75) is 34.6 Å². The van der Waals surface area contributed by atoms with E-state index in [2.05, 4.69) is 0 Å². The smallest absolute Gasteiger partial charge is 0.463 e. The van der Waals surface area contributed by atoms with Gasteiger partial charge in [-0.05, 0) is 58.4 Å². The molecule has 1 aromatic heterocycles. The number of carbonyl (C=O) groups excluding carboxylic acids is 2. The van der Waals surface area contributed by atoms with Crippen molar-refractivity contribution in [3.05, 3.63) is 94.0 Å². The Kier molecular flexibility index (Phi) is 7.16. The van der Waals surface area contributed by atoms with Crippen LogP contribution in [-0.4, -0.2) is 46.8 Å². The lowest BCUT2D eigenvalue weighted by Gasteiger charge is -2.33. The van der Waals surface area contributed by atoms with Gasteiger partial charge >= 0.3 is 18.9 Å². The number of halogens is 2. The maximum absolute atomic E-state index is 16.4. The van der Waals surface area contributed by atoms with E-state index in [1.165, 1.54) is 26.0 Å². The summed E-state index contributed by atoms with van der Waals surface area (Å²) >= 11 is 0. The number of esters is 2. The number of benzene rings is 1. The predicted octanol–water partition coefficient (Wildman–Crippen LogP) is 5.29. The second-order valence-electron chi connectivity index (χ2n) is 8.95. The molecule has 0 unspecified atom stereocenters. The van der Waals surface area contributed by atoms with Crippen LogP contribution in [-0.2, 0) is 19.1 Å². The predicted molar refractivity (Wildman–Crippen MR) is 140 cm³/mol. The first kappa shape index (κ1) is 26.1. The Bertz CT molecular complexity index is 1430. The summed E-state index contributed by atoms with van der Waals surface area (Å²) in [6, 6.07) is 10.9. The third kappa shape index (κ3) is 4.73. The lowest BCUT2D eigenvalue weighted by Crippen LogP contribution is -2.51. The van der Waals surface area contributed by atoms with Crippen molar-refractivity contribution in [2.24, 2.45) is 0 Å². The number of aryl methyl sites for hydroxylation is 1. The molecule has 1 aromatic carbocycles. The summed E-state index contributed by atoms with van der Waals surface area (Å²) < 4.78 is 44.9. The van der Waals surface area contributed by atoms with E-state index in [-0.39, 0.29) is 35.8 Å². The molecule has 0 atom stereocenters. The normalized spacial score (nSPS) is 16.6. The standard InChI is InChI=1S/C28H29BF2N2O4/c1-6-36-27(34)19(4)16-22-12-14-24-26(21-10-8-18(3)9-11-21)25-15-13-23(17-20(5)28(35)37-7-2)33(25)29(30,31)32(22)24/h8-17H,6-7H2,1-5H3/b19-16+,20-17+.